The van der Waals surface area contributed by atoms with Crippen LogP contribution >= 0.6 is 0 Å². The predicted octanol–water partition coefficient (Wildman–Crippen LogP) is 10.2. The third kappa shape index (κ3) is 33.1. The molecule has 3 unspecified atom stereocenters. The number of unbranched alkanes of at least 4 members (excludes halogenated alkanes) is 22. The first-order valence-electron chi connectivity index (χ1n) is 19.6. The largest absolute Gasteiger partial charge is 0.391 e. The molecule has 8 heteroatoms. The van der Waals surface area contributed by atoms with Gasteiger partial charge in [-0.15, -0.1) is 0 Å². The second-order valence-corrected chi connectivity index (χ2v) is 15.2. The molecular formula is C39H75NO6S. The molecule has 0 heterocycles. The lowest BCUT2D eigenvalue weighted by Crippen LogP contribution is -2.50. The minimum atomic E-state index is -4.41. The first-order valence-corrected chi connectivity index (χ1v) is 21.2. The quantitative estimate of drug-likeness (QED) is 0.0299. The highest BCUT2D eigenvalue weighted by atomic mass is 32.2. The van der Waals surface area contributed by atoms with Crippen molar-refractivity contribution in [2.45, 2.75) is 212 Å². The Morgan fingerprint density at radius 1 is 0.574 bits per heavy atom. The molecule has 0 rings (SSSR count). The molecular weight excluding hydrogens is 610 g/mol. The summed E-state index contributed by atoms with van der Waals surface area (Å²) in [6.45, 7) is 4.47. The number of rotatable bonds is 35. The van der Waals surface area contributed by atoms with Gasteiger partial charge < -0.3 is 15.5 Å². The van der Waals surface area contributed by atoms with Gasteiger partial charge in [-0.05, 0) is 44.9 Å². The third-order valence-electron chi connectivity index (χ3n) is 9.02. The standard InChI is InChI=1S/C39H75NO6S/c1-3-5-7-9-11-13-15-17-19-20-22-24-26-28-30-32-34-38(42)39(43)40-36(35-47(44,45)46)37(41)33-31-29-27-25-23-21-18-16-14-12-10-8-6-4-2/h11,13,17,19,36-38,41-42H,3-10,12,14-16,18,20-35H2,1-2H3,(H,40,43)(H,44,45,46)/b13-11-,19-17-. The van der Waals surface area contributed by atoms with Gasteiger partial charge in [0.2, 0.25) is 5.91 Å². The van der Waals surface area contributed by atoms with Gasteiger partial charge in [0.05, 0.1) is 17.9 Å². The van der Waals surface area contributed by atoms with Gasteiger partial charge in [-0.25, -0.2) is 0 Å². The van der Waals surface area contributed by atoms with Crippen LogP contribution < -0.4 is 5.32 Å². The summed E-state index contributed by atoms with van der Waals surface area (Å²) >= 11 is 0. The van der Waals surface area contributed by atoms with Gasteiger partial charge in [0, 0.05) is 0 Å². The Hall–Kier alpha value is -1.22. The van der Waals surface area contributed by atoms with E-state index in [1.165, 1.54) is 96.3 Å². The summed E-state index contributed by atoms with van der Waals surface area (Å²) < 4.78 is 32.5. The van der Waals surface area contributed by atoms with Crippen LogP contribution in [0.4, 0.5) is 0 Å². The first kappa shape index (κ1) is 45.8. The number of amides is 1. The van der Waals surface area contributed by atoms with Crippen LogP contribution in [0.2, 0.25) is 0 Å². The number of aliphatic hydroxyl groups is 2. The lowest BCUT2D eigenvalue weighted by atomic mass is 10.0. The lowest BCUT2D eigenvalue weighted by Gasteiger charge is -2.24. The SMILES string of the molecule is CCCCC/C=C\C/C=C\CCCCCCCCC(O)C(=O)NC(CS(=O)(=O)O)C(O)CCCCCCCCCCCCCCCC. The Morgan fingerprint density at radius 3 is 1.43 bits per heavy atom. The minimum Gasteiger partial charge on any atom is -0.391 e. The number of aliphatic hydroxyl groups excluding tert-OH is 2. The van der Waals surface area contributed by atoms with Gasteiger partial charge in [-0.1, -0.05) is 173 Å². The van der Waals surface area contributed by atoms with E-state index in [1.807, 2.05) is 0 Å². The minimum absolute atomic E-state index is 0.286. The van der Waals surface area contributed by atoms with E-state index in [4.69, 9.17) is 0 Å². The van der Waals surface area contributed by atoms with Gasteiger partial charge >= 0.3 is 0 Å². The van der Waals surface area contributed by atoms with Crippen molar-refractivity contribution in [3.05, 3.63) is 24.3 Å². The van der Waals surface area contributed by atoms with Crippen molar-refractivity contribution in [1.82, 2.24) is 5.32 Å². The summed E-state index contributed by atoms with van der Waals surface area (Å²) in [5, 5.41) is 23.5. The van der Waals surface area contributed by atoms with Crippen molar-refractivity contribution in [3.8, 4) is 0 Å². The Bertz CT molecular complexity index is 860. The highest BCUT2D eigenvalue weighted by Crippen LogP contribution is 2.16. The van der Waals surface area contributed by atoms with Crippen LogP contribution in [-0.2, 0) is 14.9 Å². The summed E-state index contributed by atoms with van der Waals surface area (Å²) in [7, 11) is -4.41. The molecule has 4 N–H and O–H groups in total. The molecule has 0 bridgehead atoms. The molecule has 0 aliphatic rings. The molecule has 278 valence electrons. The maximum atomic E-state index is 12.6. The molecule has 0 aromatic rings. The van der Waals surface area contributed by atoms with Crippen molar-refractivity contribution in [1.29, 1.82) is 0 Å². The topological polar surface area (TPSA) is 124 Å². The summed E-state index contributed by atoms with van der Waals surface area (Å²) in [5.74, 6) is -1.46. The number of hydrogen-bond acceptors (Lipinski definition) is 5. The Balaban J connectivity index is 4.03. The van der Waals surface area contributed by atoms with Gasteiger partial charge in [-0.2, -0.15) is 8.42 Å². The maximum Gasteiger partial charge on any atom is 0.266 e. The Kier molecular flexibility index (Phi) is 32.4. The summed E-state index contributed by atoms with van der Waals surface area (Å²) in [4.78, 5) is 12.6. The van der Waals surface area contributed by atoms with Crippen LogP contribution in [0.3, 0.4) is 0 Å². The molecule has 0 aliphatic carbocycles. The molecule has 0 fully saturated rings. The van der Waals surface area contributed by atoms with Crippen LogP contribution in [-0.4, -0.2) is 53.1 Å². The average Bonchev–Trinajstić information content (AvgIpc) is 3.03. The molecule has 0 saturated carbocycles. The third-order valence-corrected chi connectivity index (χ3v) is 9.80. The van der Waals surface area contributed by atoms with Crippen LogP contribution in [0.1, 0.15) is 194 Å². The van der Waals surface area contributed by atoms with E-state index in [0.717, 1.165) is 57.8 Å². The van der Waals surface area contributed by atoms with Crippen LogP contribution in [0.5, 0.6) is 0 Å². The lowest BCUT2D eigenvalue weighted by molar-refractivity contribution is -0.131. The van der Waals surface area contributed by atoms with Crippen molar-refractivity contribution >= 4 is 16.0 Å². The van der Waals surface area contributed by atoms with Crippen molar-refractivity contribution in [2.75, 3.05) is 5.75 Å². The first-order chi connectivity index (χ1) is 22.7. The summed E-state index contributed by atoms with van der Waals surface area (Å²) in [5.41, 5.74) is 0. The van der Waals surface area contributed by atoms with E-state index < -0.39 is 40.0 Å². The molecule has 7 nitrogen and oxygen atoms in total. The van der Waals surface area contributed by atoms with E-state index in [9.17, 15) is 28.0 Å². The van der Waals surface area contributed by atoms with Gasteiger partial charge in [0.25, 0.3) is 10.1 Å². The number of nitrogens with one attached hydrogen (secondary N) is 1. The van der Waals surface area contributed by atoms with Crippen LogP contribution in [0, 0.1) is 0 Å². The zero-order valence-corrected chi connectivity index (χ0v) is 31.3. The summed E-state index contributed by atoms with van der Waals surface area (Å²) in [6, 6.07) is -1.15. The molecule has 0 aromatic carbocycles. The molecule has 0 radical (unpaired) electrons. The zero-order chi connectivity index (χ0) is 34.9. The fourth-order valence-electron chi connectivity index (χ4n) is 5.96. The van der Waals surface area contributed by atoms with E-state index in [2.05, 4.69) is 43.5 Å². The van der Waals surface area contributed by atoms with E-state index in [1.54, 1.807) is 0 Å². The highest BCUT2D eigenvalue weighted by molar-refractivity contribution is 7.85. The fourth-order valence-corrected chi connectivity index (χ4v) is 6.72. The average molecular weight is 686 g/mol. The van der Waals surface area contributed by atoms with Gasteiger partial charge in [0.15, 0.2) is 0 Å². The molecule has 3 atom stereocenters. The monoisotopic (exact) mass is 686 g/mol. The van der Waals surface area contributed by atoms with E-state index in [0.29, 0.717) is 19.3 Å². The van der Waals surface area contributed by atoms with Crippen LogP contribution in [0.15, 0.2) is 24.3 Å². The summed E-state index contributed by atoms with van der Waals surface area (Å²) in [6.07, 6.45) is 37.6. The Labute approximate surface area is 290 Å². The Morgan fingerprint density at radius 2 is 0.957 bits per heavy atom. The number of allylic oxidation sites excluding steroid dienone is 4. The molecule has 0 aromatic heterocycles. The number of hydrogen-bond donors (Lipinski definition) is 4. The van der Waals surface area contributed by atoms with E-state index >= 15 is 0 Å². The van der Waals surface area contributed by atoms with Crippen molar-refractivity contribution in [2.24, 2.45) is 0 Å². The van der Waals surface area contributed by atoms with Gasteiger partial charge in [-0.3, -0.25) is 9.35 Å². The van der Waals surface area contributed by atoms with Gasteiger partial charge in [0.1, 0.15) is 6.10 Å². The molecule has 47 heavy (non-hydrogen) atoms. The molecule has 0 spiro atoms. The zero-order valence-electron chi connectivity index (χ0n) is 30.5. The fraction of sp³-hybridized carbons (Fsp3) is 0.872. The maximum absolute atomic E-state index is 12.6. The highest BCUT2D eigenvalue weighted by Gasteiger charge is 2.28. The number of carbonyl (C=O) groups excluding carboxylic acids is 1. The predicted molar refractivity (Wildman–Crippen MR) is 199 cm³/mol. The van der Waals surface area contributed by atoms with E-state index in [-0.39, 0.29) is 6.42 Å². The molecule has 0 aliphatic heterocycles. The van der Waals surface area contributed by atoms with Crippen LogP contribution in [0.25, 0.3) is 0 Å². The molecule has 0 saturated heterocycles. The van der Waals surface area contributed by atoms with Crippen molar-refractivity contribution < 1.29 is 28.0 Å². The van der Waals surface area contributed by atoms with Crippen molar-refractivity contribution in [3.63, 3.8) is 0 Å². The second-order valence-electron chi connectivity index (χ2n) is 13.7. The molecule has 1 amide bonds. The second kappa shape index (κ2) is 33.3. The number of carbonyl (C=O) groups is 1. The normalized spacial score (nSPS) is 14.2. The smallest absolute Gasteiger partial charge is 0.266 e.